The summed E-state index contributed by atoms with van der Waals surface area (Å²) in [5.41, 5.74) is 0. The number of hydrogen-bond donors (Lipinski definition) is 1. The standard InChI is InChI=1S/C6H2I4O3/c7-4-2(11)1-3(12-9)5(8)6(4)13-10/h1,11H. The van der Waals surface area contributed by atoms with Crippen molar-refractivity contribution in [2.75, 3.05) is 0 Å². The van der Waals surface area contributed by atoms with Gasteiger partial charge in [0.05, 0.1) is 3.57 Å². The average Bonchev–Trinajstić information content (AvgIpc) is 2.12. The van der Waals surface area contributed by atoms with Gasteiger partial charge in [-0.15, -0.1) is 0 Å². The Morgan fingerprint density at radius 2 is 1.69 bits per heavy atom. The van der Waals surface area contributed by atoms with Crippen LogP contribution in [-0.4, -0.2) is 5.11 Å². The summed E-state index contributed by atoms with van der Waals surface area (Å²) in [6.07, 6.45) is 0. The van der Waals surface area contributed by atoms with Crippen LogP contribution in [0.3, 0.4) is 0 Å². The van der Waals surface area contributed by atoms with E-state index in [-0.39, 0.29) is 5.75 Å². The van der Waals surface area contributed by atoms with Crippen LogP contribution in [0.2, 0.25) is 0 Å². The highest BCUT2D eigenvalue weighted by molar-refractivity contribution is 14.1. The van der Waals surface area contributed by atoms with Gasteiger partial charge in [-0.05, 0) is 45.2 Å². The molecule has 0 heterocycles. The van der Waals surface area contributed by atoms with Gasteiger partial charge in [0, 0.05) is 6.07 Å². The van der Waals surface area contributed by atoms with Gasteiger partial charge < -0.3 is 11.2 Å². The molecule has 1 aromatic rings. The van der Waals surface area contributed by atoms with Gasteiger partial charge in [0.15, 0.2) is 57.5 Å². The fourth-order valence-electron chi connectivity index (χ4n) is 0.699. The summed E-state index contributed by atoms with van der Waals surface area (Å²) in [5.74, 6) is 1.40. The molecule has 72 valence electrons. The molecule has 0 saturated heterocycles. The number of aromatic hydroxyl groups is 1. The maximum absolute atomic E-state index is 9.49. The molecule has 0 aliphatic heterocycles. The Hall–Kier alpha value is 1.54. The highest BCUT2D eigenvalue weighted by Crippen LogP contribution is 2.41. The molecule has 0 aliphatic carbocycles. The van der Waals surface area contributed by atoms with Gasteiger partial charge >= 0.3 is 0 Å². The fourth-order valence-corrected chi connectivity index (χ4v) is 4.45. The van der Waals surface area contributed by atoms with E-state index in [0.29, 0.717) is 15.1 Å². The zero-order chi connectivity index (χ0) is 10.0. The summed E-state index contributed by atoms with van der Waals surface area (Å²) in [7, 11) is 0. The first kappa shape index (κ1) is 12.6. The SMILES string of the molecule is Oc1cc(OI)c(I)c(OI)c1I. The minimum Gasteiger partial charge on any atom is -0.507 e. The number of phenols is 1. The molecule has 1 N–H and O–H groups in total. The van der Waals surface area contributed by atoms with Crippen molar-refractivity contribution in [1.29, 1.82) is 0 Å². The molecule has 0 bridgehead atoms. The van der Waals surface area contributed by atoms with Crippen molar-refractivity contribution < 1.29 is 11.2 Å². The van der Waals surface area contributed by atoms with Crippen LogP contribution in [0, 0.1) is 7.14 Å². The van der Waals surface area contributed by atoms with E-state index in [2.05, 4.69) is 22.6 Å². The second-order valence-corrected chi connectivity index (χ2v) is 5.04. The van der Waals surface area contributed by atoms with Gasteiger partial charge in [-0.25, -0.2) is 0 Å². The maximum atomic E-state index is 9.49. The Bertz CT molecular complexity index is 328. The second kappa shape index (κ2) is 5.58. The van der Waals surface area contributed by atoms with Crippen LogP contribution in [-0.2, 0) is 0 Å². The van der Waals surface area contributed by atoms with Gasteiger partial charge in [-0.1, -0.05) is 0 Å². The van der Waals surface area contributed by atoms with Crippen molar-refractivity contribution in [1.82, 2.24) is 0 Å². The Labute approximate surface area is 131 Å². The molecule has 0 saturated carbocycles. The fraction of sp³-hybridized carbons (Fsp3) is 0. The lowest BCUT2D eigenvalue weighted by molar-refractivity contribution is 0.465. The monoisotopic (exact) mass is 630 g/mol. The number of hydrogen-bond acceptors (Lipinski definition) is 3. The van der Waals surface area contributed by atoms with Crippen LogP contribution in [0.25, 0.3) is 0 Å². The van der Waals surface area contributed by atoms with Crippen molar-refractivity contribution in [2.24, 2.45) is 0 Å². The topological polar surface area (TPSA) is 38.7 Å². The molecule has 0 aromatic heterocycles. The predicted octanol–water partition coefficient (Wildman–Crippen LogP) is 4.06. The van der Waals surface area contributed by atoms with Crippen LogP contribution in [0.1, 0.15) is 0 Å². The lowest BCUT2D eigenvalue weighted by atomic mass is 10.3. The number of phenolic OH excluding ortho intramolecular Hbond substituents is 1. The summed E-state index contributed by atoms with van der Waals surface area (Å²) in [6.45, 7) is 0. The second-order valence-electron chi connectivity index (χ2n) is 2.01. The largest absolute Gasteiger partial charge is 0.507 e. The van der Waals surface area contributed by atoms with Crippen LogP contribution < -0.4 is 6.13 Å². The zero-order valence-electron chi connectivity index (χ0n) is 5.85. The van der Waals surface area contributed by atoms with Crippen molar-refractivity contribution in [2.45, 2.75) is 0 Å². The first-order chi connectivity index (χ1) is 6.11. The summed E-state index contributed by atoms with van der Waals surface area (Å²) in [4.78, 5) is 0. The third-order valence-electron chi connectivity index (χ3n) is 1.27. The molecule has 1 rings (SSSR count). The Balaban J connectivity index is 3.39. The molecule has 7 heteroatoms. The van der Waals surface area contributed by atoms with Gasteiger partial charge in [0.1, 0.15) is 9.32 Å². The molecule has 0 spiro atoms. The summed E-state index contributed by atoms with van der Waals surface area (Å²) in [6, 6.07) is 1.56. The third kappa shape index (κ3) is 2.76. The molecule has 0 aliphatic rings. The van der Waals surface area contributed by atoms with E-state index < -0.39 is 0 Å². The van der Waals surface area contributed by atoms with Gasteiger partial charge in [0.25, 0.3) is 0 Å². The highest BCUT2D eigenvalue weighted by atomic mass is 127. The van der Waals surface area contributed by atoms with E-state index in [0.717, 1.165) is 3.57 Å². The maximum Gasteiger partial charge on any atom is 0.192 e. The lowest BCUT2D eigenvalue weighted by Crippen LogP contribution is -1.89. The predicted molar refractivity (Wildman–Crippen MR) is 82.8 cm³/mol. The highest BCUT2D eigenvalue weighted by Gasteiger charge is 2.16. The van der Waals surface area contributed by atoms with E-state index in [4.69, 9.17) is 6.13 Å². The quantitative estimate of drug-likeness (QED) is 0.502. The molecule has 0 unspecified atom stereocenters. The van der Waals surface area contributed by atoms with Crippen molar-refractivity contribution >= 4 is 91.2 Å². The molecule has 3 nitrogen and oxygen atoms in total. The number of benzene rings is 1. The summed E-state index contributed by atoms with van der Waals surface area (Å²) >= 11 is 7.67. The molecular formula is C6H2I4O3. The minimum atomic E-state index is 0.166. The van der Waals surface area contributed by atoms with Crippen molar-refractivity contribution in [3.8, 4) is 17.2 Å². The van der Waals surface area contributed by atoms with Crippen LogP contribution in [0.5, 0.6) is 17.2 Å². The number of halogens is 4. The van der Waals surface area contributed by atoms with E-state index in [1.807, 2.05) is 22.6 Å². The Morgan fingerprint density at radius 3 is 2.15 bits per heavy atom. The first-order valence-electron chi connectivity index (χ1n) is 2.90. The third-order valence-corrected chi connectivity index (χ3v) is 4.25. The molecule has 1 aromatic carbocycles. The van der Waals surface area contributed by atoms with E-state index in [1.165, 1.54) is 0 Å². The Kier molecular flexibility index (Phi) is 5.41. The van der Waals surface area contributed by atoms with E-state index >= 15 is 0 Å². The van der Waals surface area contributed by atoms with Crippen LogP contribution >= 0.6 is 91.2 Å². The molecule has 0 amide bonds. The zero-order valence-corrected chi connectivity index (χ0v) is 14.5. The summed E-state index contributed by atoms with van der Waals surface area (Å²) in [5, 5.41) is 9.49. The van der Waals surface area contributed by atoms with Gasteiger partial charge in [-0.3, -0.25) is 0 Å². The molecule has 13 heavy (non-hydrogen) atoms. The summed E-state index contributed by atoms with van der Waals surface area (Å²) < 4.78 is 11.7. The van der Waals surface area contributed by atoms with E-state index in [1.54, 1.807) is 52.1 Å². The smallest absolute Gasteiger partial charge is 0.192 e. The van der Waals surface area contributed by atoms with Crippen molar-refractivity contribution in [3.63, 3.8) is 0 Å². The lowest BCUT2D eigenvalue weighted by Gasteiger charge is -2.08. The van der Waals surface area contributed by atoms with Gasteiger partial charge in [0.2, 0.25) is 0 Å². The van der Waals surface area contributed by atoms with E-state index in [9.17, 15) is 5.11 Å². The Morgan fingerprint density at radius 1 is 1.08 bits per heavy atom. The average molecular weight is 630 g/mol. The van der Waals surface area contributed by atoms with Crippen LogP contribution in [0.15, 0.2) is 6.07 Å². The molecule has 0 atom stereocenters. The molecule has 0 radical (unpaired) electrons. The first-order valence-corrected chi connectivity index (χ1v) is 6.81. The minimum absolute atomic E-state index is 0.166. The normalized spacial score (nSPS) is 9.85. The van der Waals surface area contributed by atoms with Crippen LogP contribution in [0.4, 0.5) is 0 Å². The number of rotatable bonds is 2. The molecule has 0 fully saturated rings. The van der Waals surface area contributed by atoms with Gasteiger partial charge in [-0.2, -0.15) is 0 Å². The van der Waals surface area contributed by atoms with Crippen molar-refractivity contribution in [3.05, 3.63) is 13.2 Å². The molecular weight excluding hydrogens is 628 g/mol.